The van der Waals surface area contributed by atoms with Crippen molar-refractivity contribution in [3.63, 3.8) is 0 Å². The maximum atomic E-state index is 11.6. The zero-order chi connectivity index (χ0) is 13.0. The van der Waals surface area contributed by atoms with Gasteiger partial charge < -0.3 is 15.8 Å². The standard InChI is InChI=1S/C12H14N4O2/c1-16-6-5-11(15-16)14-12(17)8-18-10-4-2-3-9(13)7-10/h2-7H,8,13H2,1H3,(H,14,15,17). The highest BCUT2D eigenvalue weighted by molar-refractivity contribution is 5.90. The molecule has 18 heavy (non-hydrogen) atoms. The summed E-state index contributed by atoms with van der Waals surface area (Å²) in [6, 6.07) is 8.62. The van der Waals surface area contributed by atoms with Crippen molar-refractivity contribution in [2.24, 2.45) is 7.05 Å². The Kier molecular flexibility index (Phi) is 3.47. The molecular formula is C12H14N4O2. The van der Waals surface area contributed by atoms with Crippen LogP contribution in [0.3, 0.4) is 0 Å². The van der Waals surface area contributed by atoms with E-state index in [2.05, 4.69) is 10.4 Å². The number of anilines is 2. The van der Waals surface area contributed by atoms with E-state index in [1.807, 2.05) is 0 Å². The second kappa shape index (κ2) is 5.22. The van der Waals surface area contributed by atoms with Crippen LogP contribution in [0.5, 0.6) is 5.75 Å². The molecule has 2 aromatic rings. The molecule has 0 saturated carbocycles. The molecule has 0 fully saturated rings. The van der Waals surface area contributed by atoms with Crippen molar-refractivity contribution in [2.75, 3.05) is 17.7 Å². The summed E-state index contributed by atoms with van der Waals surface area (Å²) in [6.07, 6.45) is 1.74. The van der Waals surface area contributed by atoms with Crippen molar-refractivity contribution in [3.05, 3.63) is 36.5 Å². The lowest BCUT2D eigenvalue weighted by atomic mass is 10.3. The molecule has 1 heterocycles. The number of nitrogen functional groups attached to an aromatic ring is 1. The fourth-order valence-corrected chi connectivity index (χ4v) is 1.41. The van der Waals surface area contributed by atoms with Crippen molar-refractivity contribution in [1.82, 2.24) is 9.78 Å². The zero-order valence-electron chi connectivity index (χ0n) is 9.96. The van der Waals surface area contributed by atoms with Gasteiger partial charge in [0.25, 0.3) is 5.91 Å². The van der Waals surface area contributed by atoms with E-state index in [1.54, 1.807) is 48.3 Å². The predicted molar refractivity (Wildman–Crippen MR) is 68.2 cm³/mol. The van der Waals surface area contributed by atoms with Crippen LogP contribution < -0.4 is 15.8 Å². The monoisotopic (exact) mass is 246 g/mol. The Morgan fingerprint density at radius 1 is 1.50 bits per heavy atom. The Labute approximate surface area is 104 Å². The molecule has 0 aliphatic heterocycles. The Morgan fingerprint density at radius 2 is 2.33 bits per heavy atom. The van der Waals surface area contributed by atoms with E-state index < -0.39 is 0 Å². The number of ether oxygens (including phenoxy) is 1. The van der Waals surface area contributed by atoms with Gasteiger partial charge in [0.2, 0.25) is 0 Å². The van der Waals surface area contributed by atoms with Crippen LogP contribution in [-0.4, -0.2) is 22.3 Å². The highest BCUT2D eigenvalue weighted by Gasteiger charge is 2.05. The molecule has 0 aliphatic rings. The summed E-state index contributed by atoms with van der Waals surface area (Å²) in [6.45, 7) is -0.0833. The van der Waals surface area contributed by atoms with Gasteiger partial charge in [-0.3, -0.25) is 9.48 Å². The van der Waals surface area contributed by atoms with Crippen molar-refractivity contribution < 1.29 is 9.53 Å². The topological polar surface area (TPSA) is 82.2 Å². The minimum atomic E-state index is -0.267. The van der Waals surface area contributed by atoms with Crippen LogP contribution in [0.4, 0.5) is 11.5 Å². The molecule has 6 heteroatoms. The number of carbonyl (C=O) groups excluding carboxylic acids is 1. The summed E-state index contributed by atoms with van der Waals surface area (Å²) in [4.78, 5) is 11.6. The van der Waals surface area contributed by atoms with E-state index in [0.29, 0.717) is 17.3 Å². The molecule has 0 aliphatic carbocycles. The predicted octanol–water partition coefficient (Wildman–Crippen LogP) is 1.02. The zero-order valence-corrected chi connectivity index (χ0v) is 9.96. The number of rotatable bonds is 4. The van der Waals surface area contributed by atoms with E-state index in [-0.39, 0.29) is 12.5 Å². The van der Waals surface area contributed by atoms with Crippen LogP contribution in [0.25, 0.3) is 0 Å². The Balaban J connectivity index is 1.85. The fourth-order valence-electron chi connectivity index (χ4n) is 1.41. The summed E-state index contributed by atoms with van der Waals surface area (Å²) >= 11 is 0. The Hall–Kier alpha value is -2.50. The summed E-state index contributed by atoms with van der Waals surface area (Å²) in [7, 11) is 1.78. The van der Waals surface area contributed by atoms with Crippen LogP contribution in [0.1, 0.15) is 0 Å². The highest BCUT2D eigenvalue weighted by Crippen LogP contribution is 2.14. The average Bonchev–Trinajstić information content (AvgIpc) is 2.72. The number of carbonyl (C=O) groups is 1. The Bertz CT molecular complexity index is 551. The van der Waals surface area contributed by atoms with Crippen molar-refractivity contribution in [1.29, 1.82) is 0 Å². The van der Waals surface area contributed by atoms with Gasteiger partial charge in [-0.15, -0.1) is 0 Å². The third-order valence-corrected chi connectivity index (χ3v) is 2.21. The van der Waals surface area contributed by atoms with Crippen molar-refractivity contribution in [2.45, 2.75) is 0 Å². The molecule has 0 bridgehead atoms. The van der Waals surface area contributed by atoms with Gasteiger partial charge in [-0.1, -0.05) is 6.07 Å². The third-order valence-electron chi connectivity index (χ3n) is 2.21. The first-order chi connectivity index (χ1) is 8.63. The van der Waals surface area contributed by atoms with Crippen molar-refractivity contribution >= 4 is 17.4 Å². The second-order valence-corrected chi connectivity index (χ2v) is 3.78. The number of hydrogen-bond acceptors (Lipinski definition) is 4. The number of nitrogens with two attached hydrogens (primary N) is 1. The van der Waals surface area contributed by atoms with Gasteiger partial charge in [0, 0.05) is 31.1 Å². The number of aryl methyl sites for hydroxylation is 1. The highest BCUT2D eigenvalue weighted by atomic mass is 16.5. The van der Waals surface area contributed by atoms with Gasteiger partial charge in [-0.05, 0) is 12.1 Å². The van der Waals surface area contributed by atoms with E-state index in [9.17, 15) is 4.79 Å². The molecule has 0 atom stereocenters. The van der Waals surface area contributed by atoms with E-state index >= 15 is 0 Å². The van der Waals surface area contributed by atoms with Crippen LogP contribution in [0.15, 0.2) is 36.5 Å². The molecule has 0 saturated heterocycles. The molecule has 2 rings (SSSR count). The van der Waals surface area contributed by atoms with Crippen molar-refractivity contribution in [3.8, 4) is 5.75 Å². The number of nitrogens with zero attached hydrogens (tertiary/aromatic N) is 2. The van der Waals surface area contributed by atoms with E-state index in [4.69, 9.17) is 10.5 Å². The molecule has 1 aromatic carbocycles. The van der Waals surface area contributed by atoms with Crippen LogP contribution in [0.2, 0.25) is 0 Å². The maximum absolute atomic E-state index is 11.6. The first kappa shape index (κ1) is 12.0. The van der Waals surface area contributed by atoms with E-state index in [0.717, 1.165) is 0 Å². The summed E-state index contributed by atoms with van der Waals surface area (Å²) in [5.74, 6) is 0.793. The first-order valence-corrected chi connectivity index (χ1v) is 5.41. The molecule has 1 amide bonds. The van der Waals surface area contributed by atoms with Gasteiger partial charge in [-0.2, -0.15) is 5.10 Å². The number of aromatic nitrogens is 2. The molecule has 0 unspecified atom stereocenters. The minimum absolute atomic E-state index is 0.0833. The molecule has 6 nitrogen and oxygen atoms in total. The van der Waals surface area contributed by atoms with Gasteiger partial charge in [0.15, 0.2) is 12.4 Å². The van der Waals surface area contributed by atoms with Gasteiger partial charge in [0.05, 0.1) is 0 Å². The first-order valence-electron chi connectivity index (χ1n) is 5.41. The second-order valence-electron chi connectivity index (χ2n) is 3.78. The number of amides is 1. The van der Waals surface area contributed by atoms with Gasteiger partial charge in [0.1, 0.15) is 5.75 Å². The summed E-state index contributed by atoms with van der Waals surface area (Å²) in [5.41, 5.74) is 6.19. The summed E-state index contributed by atoms with van der Waals surface area (Å²) < 4.78 is 6.91. The van der Waals surface area contributed by atoms with Gasteiger partial charge in [-0.25, -0.2) is 0 Å². The molecule has 94 valence electrons. The fraction of sp³-hybridized carbons (Fsp3) is 0.167. The largest absolute Gasteiger partial charge is 0.484 e. The Morgan fingerprint density at radius 3 is 3.00 bits per heavy atom. The lowest BCUT2D eigenvalue weighted by molar-refractivity contribution is -0.118. The van der Waals surface area contributed by atoms with Crippen LogP contribution in [-0.2, 0) is 11.8 Å². The minimum Gasteiger partial charge on any atom is -0.484 e. The van der Waals surface area contributed by atoms with E-state index in [1.165, 1.54) is 0 Å². The number of benzene rings is 1. The SMILES string of the molecule is Cn1ccc(NC(=O)COc2cccc(N)c2)n1. The lowest BCUT2D eigenvalue weighted by Gasteiger charge is -2.06. The maximum Gasteiger partial charge on any atom is 0.263 e. The molecular weight excluding hydrogens is 232 g/mol. The van der Waals surface area contributed by atoms with Crippen LogP contribution >= 0.6 is 0 Å². The number of hydrogen-bond donors (Lipinski definition) is 2. The molecule has 0 spiro atoms. The molecule has 3 N–H and O–H groups in total. The smallest absolute Gasteiger partial charge is 0.263 e. The third kappa shape index (κ3) is 3.24. The molecule has 1 aromatic heterocycles. The quantitative estimate of drug-likeness (QED) is 0.789. The normalized spacial score (nSPS) is 10.1. The van der Waals surface area contributed by atoms with Crippen LogP contribution in [0, 0.1) is 0 Å². The average molecular weight is 246 g/mol. The summed E-state index contributed by atoms with van der Waals surface area (Å²) in [5, 5.41) is 6.65. The lowest BCUT2D eigenvalue weighted by Crippen LogP contribution is -2.20. The number of nitrogens with one attached hydrogen (secondary N) is 1. The molecule has 0 radical (unpaired) electrons. The van der Waals surface area contributed by atoms with Gasteiger partial charge >= 0.3 is 0 Å².